The van der Waals surface area contributed by atoms with Gasteiger partial charge in [-0.2, -0.15) is 5.26 Å². The number of aromatic carboxylic acids is 1. The Morgan fingerprint density at radius 2 is 2.05 bits per heavy atom. The van der Waals surface area contributed by atoms with E-state index < -0.39 is 5.97 Å². The molecule has 5 heteroatoms. The maximum Gasteiger partial charge on any atom is 0.358 e. The molecule has 0 radical (unpaired) electrons. The molecule has 1 aromatic heterocycles. The van der Waals surface area contributed by atoms with Crippen molar-refractivity contribution in [3.8, 4) is 11.8 Å². The molecule has 0 spiro atoms. The van der Waals surface area contributed by atoms with Gasteiger partial charge in [0.1, 0.15) is 6.61 Å². The van der Waals surface area contributed by atoms with Gasteiger partial charge in [0, 0.05) is 6.20 Å². The van der Waals surface area contributed by atoms with Crippen LogP contribution in [0.3, 0.4) is 0 Å². The Morgan fingerprint density at radius 1 is 1.32 bits per heavy atom. The van der Waals surface area contributed by atoms with Crippen LogP contribution < -0.4 is 4.74 Å². The van der Waals surface area contributed by atoms with Crippen molar-refractivity contribution in [3.63, 3.8) is 0 Å². The van der Waals surface area contributed by atoms with Crippen molar-refractivity contribution in [2.75, 3.05) is 0 Å². The summed E-state index contributed by atoms with van der Waals surface area (Å²) >= 11 is 0. The van der Waals surface area contributed by atoms with Crippen molar-refractivity contribution in [1.82, 2.24) is 4.98 Å². The van der Waals surface area contributed by atoms with E-state index in [1.807, 2.05) is 6.07 Å². The lowest BCUT2D eigenvalue weighted by molar-refractivity contribution is 0.0685. The smallest absolute Gasteiger partial charge is 0.358 e. The van der Waals surface area contributed by atoms with E-state index in [9.17, 15) is 4.79 Å². The molecule has 0 aliphatic carbocycles. The highest BCUT2D eigenvalue weighted by Gasteiger charge is 2.11. The number of aromatic nitrogens is 1. The molecule has 0 unspecified atom stereocenters. The van der Waals surface area contributed by atoms with Crippen molar-refractivity contribution in [3.05, 3.63) is 59.4 Å². The predicted octanol–water partition coefficient (Wildman–Crippen LogP) is 2.23. The van der Waals surface area contributed by atoms with Gasteiger partial charge in [-0.25, -0.2) is 9.78 Å². The highest BCUT2D eigenvalue weighted by Crippen LogP contribution is 2.17. The number of ether oxygens (including phenoxy) is 1. The van der Waals surface area contributed by atoms with Gasteiger partial charge in [-0.3, -0.25) is 0 Å². The molecule has 5 nitrogen and oxygen atoms in total. The number of carboxylic acid groups (broad SMARTS) is 1. The average molecular weight is 254 g/mol. The van der Waals surface area contributed by atoms with E-state index >= 15 is 0 Å². The van der Waals surface area contributed by atoms with Gasteiger partial charge in [0.15, 0.2) is 11.4 Å². The summed E-state index contributed by atoms with van der Waals surface area (Å²) in [5, 5.41) is 17.6. The summed E-state index contributed by atoms with van der Waals surface area (Å²) < 4.78 is 5.43. The molecule has 94 valence electrons. The van der Waals surface area contributed by atoms with Gasteiger partial charge < -0.3 is 9.84 Å². The van der Waals surface area contributed by atoms with E-state index in [0.29, 0.717) is 5.56 Å². The molecule has 19 heavy (non-hydrogen) atoms. The molecule has 0 aliphatic rings. The van der Waals surface area contributed by atoms with Crippen LogP contribution in [0.1, 0.15) is 21.6 Å². The maximum atomic E-state index is 10.9. The lowest BCUT2D eigenvalue weighted by atomic mass is 10.1. The van der Waals surface area contributed by atoms with Gasteiger partial charge in [-0.05, 0) is 29.8 Å². The molecule has 2 aromatic rings. The predicted molar refractivity (Wildman–Crippen MR) is 66.7 cm³/mol. The lowest BCUT2D eigenvalue weighted by Crippen LogP contribution is -2.05. The summed E-state index contributed by atoms with van der Waals surface area (Å²) in [6, 6.07) is 12.1. The number of rotatable bonds is 4. The van der Waals surface area contributed by atoms with Crippen LogP contribution >= 0.6 is 0 Å². The van der Waals surface area contributed by atoms with E-state index in [-0.39, 0.29) is 18.1 Å². The van der Waals surface area contributed by atoms with Gasteiger partial charge in [0.25, 0.3) is 0 Å². The number of nitrogens with zero attached hydrogens (tertiary/aromatic N) is 2. The van der Waals surface area contributed by atoms with E-state index in [0.717, 1.165) is 5.56 Å². The Kier molecular flexibility index (Phi) is 3.74. The molecule has 0 saturated heterocycles. The second-order valence-corrected chi connectivity index (χ2v) is 3.75. The average Bonchev–Trinajstić information content (AvgIpc) is 2.46. The van der Waals surface area contributed by atoms with Gasteiger partial charge in [0.05, 0.1) is 11.6 Å². The normalized spacial score (nSPS) is 9.63. The molecule has 0 amide bonds. The van der Waals surface area contributed by atoms with Crippen molar-refractivity contribution >= 4 is 5.97 Å². The third-order valence-corrected chi connectivity index (χ3v) is 2.45. The number of pyridine rings is 1. The second kappa shape index (κ2) is 5.65. The largest absolute Gasteiger partial charge is 0.486 e. The summed E-state index contributed by atoms with van der Waals surface area (Å²) in [7, 11) is 0. The highest BCUT2D eigenvalue weighted by molar-refractivity contribution is 5.88. The number of nitriles is 1. The maximum absolute atomic E-state index is 10.9. The fourth-order valence-corrected chi connectivity index (χ4v) is 1.50. The Labute approximate surface area is 109 Å². The van der Waals surface area contributed by atoms with E-state index in [1.165, 1.54) is 6.20 Å². The fraction of sp³-hybridized carbons (Fsp3) is 0.0714. The number of hydrogen-bond acceptors (Lipinski definition) is 4. The number of carbonyl (C=O) groups is 1. The van der Waals surface area contributed by atoms with E-state index in [2.05, 4.69) is 4.98 Å². The minimum absolute atomic E-state index is 0.115. The van der Waals surface area contributed by atoms with Gasteiger partial charge in [-0.15, -0.1) is 0 Å². The first-order valence-corrected chi connectivity index (χ1v) is 5.51. The van der Waals surface area contributed by atoms with Gasteiger partial charge in [-0.1, -0.05) is 12.1 Å². The van der Waals surface area contributed by atoms with Crippen molar-refractivity contribution < 1.29 is 14.6 Å². The van der Waals surface area contributed by atoms with Gasteiger partial charge >= 0.3 is 5.97 Å². The van der Waals surface area contributed by atoms with Crippen molar-refractivity contribution in [2.45, 2.75) is 6.61 Å². The quantitative estimate of drug-likeness (QED) is 0.904. The molecule has 1 aromatic carbocycles. The number of hydrogen-bond donors (Lipinski definition) is 1. The van der Waals surface area contributed by atoms with Crippen molar-refractivity contribution in [2.24, 2.45) is 0 Å². The topological polar surface area (TPSA) is 83.2 Å². The first-order valence-electron chi connectivity index (χ1n) is 5.51. The minimum atomic E-state index is -1.13. The van der Waals surface area contributed by atoms with Crippen LogP contribution in [0.5, 0.6) is 5.75 Å². The molecular weight excluding hydrogens is 244 g/mol. The van der Waals surface area contributed by atoms with Crippen LogP contribution in [0, 0.1) is 11.3 Å². The lowest BCUT2D eigenvalue weighted by Gasteiger charge is -2.08. The molecule has 1 heterocycles. The summed E-state index contributed by atoms with van der Waals surface area (Å²) in [4.78, 5) is 14.7. The Bertz CT molecular complexity index is 630. The third kappa shape index (κ3) is 3.07. The molecule has 1 N–H and O–H groups in total. The zero-order valence-corrected chi connectivity index (χ0v) is 9.91. The Balaban J connectivity index is 2.10. The summed E-state index contributed by atoms with van der Waals surface area (Å²) in [6.45, 7) is 0.220. The zero-order valence-electron chi connectivity index (χ0n) is 9.91. The van der Waals surface area contributed by atoms with Gasteiger partial charge in [0.2, 0.25) is 0 Å². The molecular formula is C14H10N2O3. The molecule has 0 atom stereocenters. The molecule has 0 fully saturated rings. The van der Waals surface area contributed by atoms with Crippen LogP contribution in [-0.4, -0.2) is 16.1 Å². The number of carboxylic acids is 1. The van der Waals surface area contributed by atoms with Crippen molar-refractivity contribution in [1.29, 1.82) is 5.26 Å². The molecule has 0 bridgehead atoms. The fourth-order valence-electron chi connectivity index (χ4n) is 1.50. The van der Waals surface area contributed by atoms with E-state index in [1.54, 1.807) is 36.4 Å². The van der Waals surface area contributed by atoms with Crippen LogP contribution in [0.4, 0.5) is 0 Å². The second-order valence-electron chi connectivity index (χ2n) is 3.75. The highest BCUT2D eigenvalue weighted by atomic mass is 16.5. The zero-order chi connectivity index (χ0) is 13.7. The van der Waals surface area contributed by atoms with Crippen LogP contribution in [0.2, 0.25) is 0 Å². The Morgan fingerprint density at radius 3 is 2.68 bits per heavy atom. The first-order chi connectivity index (χ1) is 9.20. The standard InChI is InChI=1S/C14H10N2O3/c15-8-10-3-5-11(6-4-10)9-19-12-2-1-7-16-13(12)14(17)18/h1-7H,9H2,(H,17,18). The summed E-state index contributed by atoms with van der Waals surface area (Å²) in [5.41, 5.74) is 1.30. The summed E-state index contributed by atoms with van der Waals surface area (Å²) in [5.74, 6) is -0.908. The first kappa shape index (κ1) is 12.6. The Hall–Kier alpha value is -2.87. The monoisotopic (exact) mass is 254 g/mol. The number of benzene rings is 1. The SMILES string of the molecule is N#Cc1ccc(COc2cccnc2C(=O)O)cc1. The molecule has 0 aliphatic heterocycles. The van der Waals surface area contributed by atoms with Crippen LogP contribution in [0.25, 0.3) is 0 Å². The third-order valence-electron chi connectivity index (χ3n) is 2.45. The molecule has 2 rings (SSSR count). The van der Waals surface area contributed by atoms with Crippen LogP contribution in [-0.2, 0) is 6.61 Å². The minimum Gasteiger partial charge on any atom is -0.486 e. The molecule has 0 saturated carbocycles. The summed E-state index contributed by atoms with van der Waals surface area (Å²) in [6.07, 6.45) is 1.40. The van der Waals surface area contributed by atoms with Crippen LogP contribution in [0.15, 0.2) is 42.6 Å². The van der Waals surface area contributed by atoms with E-state index in [4.69, 9.17) is 15.1 Å².